The van der Waals surface area contributed by atoms with Crippen LogP contribution in [0.4, 0.5) is 0 Å². The third-order valence-corrected chi connectivity index (χ3v) is 3.72. The molecule has 1 heteroatoms. The van der Waals surface area contributed by atoms with E-state index in [1.165, 1.54) is 22.3 Å². The highest BCUT2D eigenvalue weighted by molar-refractivity contribution is 5.76. The van der Waals surface area contributed by atoms with Crippen molar-refractivity contribution in [1.82, 2.24) is 0 Å². The Morgan fingerprint density at radius 2 is 1.70 bits per heavy atom. The molecule has 1 aliphatic rings. The maximum atomic E-state index is 5.97. The summed E-state index contributed by atoms with van der Waals surface area (Å²) in [5, 5.41) is 0. The van der Waals surface area contributed by atoms with E-state index >= 15 is 0 Å². The smallest absolute Gasteiger partial charge is 0.126 e. The lowest BCUT2D eigenvalue weighted by atomic mass is 9.90. The van der Waals surface area contributed by atoms with Gasteiger partial charge in [-0.3, -0.25) is 0 Å². The van der Waals surface area contributed by atoms with Crippen LogP contribution in [0.25, 0.3) is 16.7 Å². The molecule has 2 aromatic carbocycles. The summed E-state index contributed by atoms with van der Waals surface area (Å²) in [6.07, 6.45) is 2.31. The van der Waals surface area contributed by atoms with Crippen molar-refractivity contribution in [1.29, 1.82) is 0 Å². The fourth-order valence-corrected chi connectivity index (χ4v) is 2.74. The van der Waals surface area contributed by atoms with Crippen molar-refractivity contribution in [2.45, 2.75) is 20.8 Å². The Kier molecular flexibility index (Phi) is 3.13. The van der Waals surface area contributed by atoms with Crippen molar-refractivity contribution in [2.24, 2.45) is 5.41 Å². The zero-order valence-corrected chi connectivity index (χ0v) is 12.3. The molecule has 0 radical (unpaired) electrons. The van der Waals surface area contributed by atoms with E-state index in [1.54, 1.807) is 0 Å². The monoisotopic (exact) mass is 264 g/mol. The van der Waals surface area contributed by atoms with E-state index in [1.807, 2.05) is 6.07 Å². The number of rotatable bonds is 1. The van der Waals surface area contributed by atoms with E-state index in [4.69, 9.17) is 4.74 Å². The van der Waals surface area contributed by atoms with E-state index in [9.17, 15) is 0 Å². The van der Waals surface area contributed by atoms with Gasteiger partial charge in [0.1, 0.15) is 5.75 Å². The van der Waals surface area contributed by atoms with Crippen LogP contribution in [0.2, 0.25) is 0 Å². The summed E-state index contributed by atoms with van der Waals surface area (Å²) in [7, 11) is 0. The first-order valence-corrected chi connectivity index (χ1v) is 7.07. The van der Waals surface area contributed by atoms with Gasteiger partial charge in [-0.15, -0.1) is 0 Å². The van der Waals surface area contributed by atoms with Crippen molar-refractivity contribution >= 4 is 5.57 Å². The molecule has 0 saturated heterocycles. The average molecular weight is 264 g/mol. The highest BCUT2D eigenvalue weighted by atomic mass is 16.5. The van der Waals surface area contributed by atoms with Crippen LogP contribution in [0, 0.1) is 5.41 Å². The van der Waals surface area contributed by atoms with Gasteiger partial charge in [0.25, 0.3) is 0 Å². The topological polar surface area (TPSA) is 9.23 Å². The second-order valence-electron chi connectivity index (χ2n) is 6.18. The molecule has 1 heterocycles. The summed E-state index contributed by atoms with van der Waals surface area (Å²) in [6, 6.07) is 16.9. The van der Waals surface area contributed by atoms with E-state index in [-0.39, 0.29) is 5.41 Å². The van der Waals surface area contributed by atoms with Gasteiger partial charge in [0.05, 0.1) is 6.61 Å². The molecule has 0 amide bonds. The predicted octanol–water partition coefficient (Wildman–Crippen LogP) is 5.18. The number of fused-ring (bicyclic) bond motifs is 1. The lowest BCUT2D eigenvalue weighted by molar-refractivity contribution is 0.225. The molecule has 0 spiro atoms. The molecule has 1 nitrogen and oxygen atoms in total. The molecule has 0 fully saturated rings. The third-order valence-electron chi connectivity index (χ3n) is 3.72. The van der Waals surface area contributed by atoms with Gasteiger partial charge in [-0.25, -0.2) is 0 Å². The van der Waals surface area contributed by atoms with Gasteiger partial charge >= 0.3 is 0 Å². The molecule has 0 atom stereocenters. The van der Waals surface area contributed by atoms with Crippen LogP contribution in [-0.2, 0) is 0 Å². The molecule has 0 N–H and O–H groups in total. The Labute approximate surface area is 120 Å². The molecule has 3 rings (SSSR count). The summed E-state index contributed by atoms with van der Waals surface area (Å²) >= 11 is 0. The Bertz CT molecular complexity index is 651. The van der Waals surface area contributed by atoms with E-state index in [0.29, 0.717) is 0 Å². The van der Waals surface area contributed by atoms with Crippen LogP contribution >= 0.6 is 0 Å². The number of benzene rings is 2. The van der Waals surface area contributed by atoms with Gasteiger partial charge in [0, 0.05) is 11.0 Å². The molecular formula is C19H20O. The van der Waals surface area contributed by atoms with Crippen molar-refractivity contribution in [3.63, 3.8) is 0 Å². The van der Waals surface area contributed by atoms with Gasteiger partial charge in [-0.1, -0.05) is 56.3 Å². The van der Waals surface area contributed by atoms with Crippen LogP contribution in [0.3, 0.4) is 0 Å². The second kappa shape index (κ2) is 4.82. The van der Waals surface area contributed by atoms with Crippen LogP contribution in [-0.4, -0.2) is 6.61 Å². The first kappa shape index (κ1) is 13.0. The van der Waals surface area contributed by atoms with E-state index in [2.05, 4.69) is 69.3 Å². The number of allylic oxidation sites excluding steroid dienone is 1. The Morgan fingerprint density at radius 1 is 0.950 bits per heavy atom. The van der Waals surface area contributed by atoms with Crippen molar-refractivity contribution in [3.8, 4) is 16.9 Å². The number of ether oxygens (including phenoxy) is 1. The molecule has 2 aromatic rings. The predicted molar refractivity (Wildman–Crippen MR) is 84.8 cm³/mol. The average Bonchev–Trinajstić information content (AvgIpc) is 2.56. The van der Waals surface area contributed by atoms with Crippen molar-refractivity contribution < 1.29 is 4.74 Å². The highest BCUT2D eigenvalue weighted by Gasteiger charge is 2.22. The summed E-state index contributed by atoms with van der Waals surface area (Å²) in [4.78, 5) is 0. The van der Waals surface area contributed by atoms with Gasteiger partial charge in [0.15, 0.2) is 0 Å². The Hall–Kier alpha value is -2.02. The van der Waals surface area contributed by atoms with Crippen LogP contribution < -0.4 is 4.74 Å². The normalized spacial score (nSPS) is 16.6. The van der Waals surface area contributed by atoms with E-state index in [0.717, 1.165) is 12.4 Å². The molecule has 1 aliphatic heterocycles. The lowest BCUT2D eigenvalue weighted by Gasteiger charge is -2.18. The minimum absolute atomic E-state index is 0.0794. The van der Waals surface area contributed by atoms with E-state index < -0.39 is 0 Å². The fourth-order valence-electron chi connectivity index (χ4n) is 2.74. The molecular weight excluding hydrogens is 244 g/mol. The lowest BCUT2D eigenvalue weighted by Crippen LogP contribution is -2.17. The maximum Gasteiger partial charge on any atom is 0.126 e. The summed E-state index contributed by atoms with van der Waals surface area (Å²) in [5.41, 5.74) is 5.06. The molecule has 0 saturated carbocycles. The first-order chi connectivity index (χ1) is 9.55. The molecule has 0 aromatic heterocycles. The SMILES string of the molecule is CC1=CC(C)(C)COc2ccc(-c3ccccc3)cc21. The molecule has 20 heavy (non-hydrogen) atoms. The quantitative estimate of drug-likeness (QED) is 0.690. The number of hydrogen-bond acceptors (Lipinski definition) is 1. The Balaban J connectivity index is 2.09. The maximum absolute atomic E-state index is 5.97. The third kappa shape index (κ3) is 2.49. The minimum atomic E-state index is 0.0794. The molecule has 0 aliphatic carbocycles. The van der Waals surface area contributed by atoms with Crippen molar-refractivity contribution in [3.05, 3.63) is 60.2 Å². The summed E-state index contributed by atoms with van der Waals surface area (Å²) < 4.78 is 5.97. The standard InChI is InChI=1S/C19H20O/c1-14-12-19(2,3)13-20-18-10-9-16(11-17(14)18)15-7-5-4-6-8-15/h4-12H,13H2,1-3H3. The molecule has 102 valence electrons. The summed E-state index contributed by atoms with van der Waals surface area (Å²) in [5.74, 6) is 0.990. The van der Waals surface area contributed by atoms with Crippen molar-refractivity contribution in [2.75, 3.05) is 6.61 Å². The number of hydrogen-bond donors (Lipinski definition) is 0. The van der Waals surface area contributed by atoms with Gasteiger partial charge in [0.2, 0.25) is 0 Å². The van der Waals surface area contributed by atoms with Crippen LogP contribution in [0.5, 0.6) is 5.75 Å². The first-order valence-electron chi connectivity index (χ1n) is 7.07. The minimum Gasteiger partial charge on any atom is -0.492 e. The van der Waals surface area contributed by atoms with Crippen LogP contribution in [0.15, 0.2) is 54.6 Å². The summed E-state index contributed by atoms with van der Waals surface area (Å²) in [6.45, 7) is 7.31. The Morgan fingerprint density at radius 3 is 2.45 bits per heavy atom. The fraction of sp³-hybridized carbons (Fsp3) is 0.263. The second-order valence-corrected chi connectivity index (χ2v) is 6.18. The highest BCUT2D eigenvalue weighted by Crippen LogP contribution is 2.37. The largest absolute Gasteiger partial charge is 0.492 e. The zero-order chi connectivity index (χ0) is 14.2. The van der Waals surface area contributed by atoms with Gasteiger partial charge < -0.3 is 4.74 Å². The van der Waals surface area contributed by atoms with Gasteiger partial charge in [-0.05, 0) is 35.8 Å². The molecule has 0 unspecified atom stereocenters. The van der Waals surface area contributed by atoms with Gasteiger partial charge in [-0.2, -0.15) is 0 Å². The zero-order valence-electron chi connectivity index (χ0n) is 12.3. The van der Waals surface area contributed by atoms with Crippen LogP contribution in [0.1, 0.15) is 26.3 Å². The molecule has 0 bridgehead atoms.